The predicted octanol–water partition coefficient (Wildman–Crippen LogP) is 4.87. The second kappa shape index (κ2) is 6.25. The number of carbonyl (C=O) groups is 1. The molecule has 1 aromatic carbocycles. The zero-order valence-electron chi connectivity index (χ0n) is 11.1. The molecule has 0 N–H and O–H groups in total. The second-order valence-electron chi connectivity index (χ2n) is 5.17. The van der Waals surface area contributed by atoms with Gasteiger partial charge in [0, 0.05) is 12.3 Å². The Morgan fingerprint density at radius 2 is 1.85 bits per heavy atom. The van der Waals surface area contributed by atoms with Crippen LogP contribution in [0, 0.1) is 5.92 Å². The lowest BCUT2D eigenvalue weighted by Crippen LogP contribution is -2.17. The first-order valence-electron chi connectivity index (χ1n) is 6.83. The molecule has 0 saturated heterocycles. The van der Waals surface area contributed by atoms with Gasteiger partial charge in [0.05, 0.1) is 5.56 Å². The average Bonchev–Trinajstić information content (AvgIpc) is 2.40. The van der Waals surface area contributed by atoms with Crippen LogP contribution in [0.25, 0.3) is 6.08 Å². The molecule has 1 aromatic rings. The summed E-state index contributed by atoms with van der Waals surface area (Å²) in [4.78, 5) is 11.6. The lowest BCUT2D eigenvalue weighted by Gasteiger charge is -2.18. The zero-order valence-corrected chi connectivity index (χ0v) is 11.1. The van der Waals surface area contributed by atoms with Crippen LogP contribution >= 0.6 is 0 Å². The van der Waals surface area contributed by atoms with Crippen molar-refractivity contribution < 1.29 is 18.0 Å². The van der Waals surface area contributed by atoms with Gasteiger partial charge in [-0.15, -0.1) is 0 Å². The minimum Gasteiger partial charge on any atom is -0.299 e. The lowest BCUT2D eigenvalue weighted by molar-refractivity contribution is -0.137. The maximum absolute atomic E-state index is 12.4. The molecule has 20 heavy (non-hydrogen) atoms. The number of ketones is 1. The normalized spacial score (nSPS) is 20.6. The molecule has 1 fully saturated rings. The molecule has 0 heterocycles. The number of benzene rings is 1. The van der Waals surface area contributed by atoms with E-state index in [9.17, 15) is 18.0 Å². The maximum Gasteiger partial charge on any atom is 0.416 e. The van der Waals surface area contributed by atoms with Crippen molar-refractivity contribution in [1.82, 2.24) is 0 Å². The van der Waals surface area contributed by atoms with Gasteiger partial charge in [-0.05, 0) is 37.0 Å². The van der Waals surface area contributed by atoms with E-state index in [2.05, 4.69) is 0 Å². The number of Topliss-reactive ketones (excluding diaryl/α,β-unsaturated/α-hetero) is 1. The van der Waals surface area contributed by atoms with E-state index in [0.717, 1.165) is 37.0 Å². The monoisotopic (exact) mass is 282 g/mol. The van der Waals surface area contributed by atoms with Crippen LogP contribution in [-0.2, 0) is 11.0 Å². The van der Waals surface area contributed by atoms with E-state index in [1.165, 1.54) is 12.1 Å². The number of rotatable bonds is 3. The summed E-state index contributed by atoms with van der Waals surface area (Å²) in [5.74, 6) is 0.405. The summed E-state index contributed by atoms with van der Waals surface area (Å²) in [6.07, 6.45) is 3.71. The van der Waals surface area contributed by atoms with Crippen molar-refractivity contribution in [1.29, 1.82) is 0 Å². The number of halogens is 3. The molecule has 2 rings (SSSR count). The van der Waals surface area contributed by atoms with Crippen LogP contribution in [0.2, 0.25) is 0 Å². The highest BCUT2D eigenvalue weighted by Gasteiger charge is 2.29. The van der Waals surface area contributed by atoms with E-state index in [0.29, 0.717) is 18.6 Å². The van der Waals surface area contributed by atoms with Crippen molar-refractivity contribution in [2.75, 3.05) is 0 Å². The molecular weight excluding hydrogens is 265 g/mol. The fraction of sp³-hybridized carbons (Fsp3) is 0.438. The van der Waals surface area contributed by atoms with Gasteiger partial charge in [-0.2, -0.15) is 13.2 Å². The van der Waals surface area contributed by atoms with E-state index < -0.39 is 11.7 Å². The highest BCUT2D eigenvalue weighted by molar-refractivity contribution is 5.81. The Hall–Kier alpha value is -1.58. The quantitative estimate of drug-likeness (QED) is 0.773. The van der Waals surface area contributed by atoms with Gasteiger partial charge in [-0.25, -0.2) is 0 Å². The van der Waals surface area contributed by atoms with Gasteiger partial charge in [0.25, 0.3) is 0 Å². The Balaban J connectivity index is 1.93. The molecule has 0 amide bonds. The van der Waals surface area contributed by atoms with Crippen molar-refractivity contribution in [2.45, 2.75) is 38.3 Å². The van der Waals surface area contributed by atoms with Gasteiger partial charge < -0.3 is 0 Å². The van der Waals surface area contributed by atoms with Crippen molar-refractivity contribution in [2.24, 2.45) is 5.92 Å². The summed E-state index contributed by atoms with van der Waals surface area (Å²) in [5, 5.41) is 0. The van der Waals surface area contributed by atoms with Crippen molar-refractivity contribution in [3.8, 4) is 0 Å². The van der Waals surface area contributed by atoms with Crippen LogP contribution in [0.5, 0.6) is 0 Å². The van der Waals surface area contributed by atoms with Crippen LogP contribution in [0.1, 0.15) is 43.2 Å². The van der Waals surface area contributed by atoms with E-state index >= 15 is 0 Å². The van der Waals surface area contributed by atoms with Gasteiger partial charge >= 0.3 is 6.18 Å². The van der Waals surface area contributed by atoms with Crippen LogP contribution in [0.15, 0.2) is 30.3 Å². The summed E-state index contributed by atoms with van der Waals surface area (Å²) < 4.78 is 37.2. The number of alkyl halides is 3. The fourth-order valence-corrected chi connectivity index (χ4v) is 2.46. The summed E-state index contributed by atoms with van der Waals surface area (Å²) in [7, 11) is 0. The minimum absolute atomic E-state index is 0.0921. The summed E-state index contributed by atoms with van der Waals surface area (Å²) in [6.45, 7) is 0. The Morgan fingerprint density at radius 1 is 1.15 bits per heavy atom. The van der Waals surface area contributed by atoms with Crippen LogP contribution in [0.3, 0.4) is 0 Å². The molecule has 4 heteroatoms. The molecule has 1 aliphatic rings. The smallest absolute Gasteiger partial charge is 0.299 e. The molecule has 1 aliphatic carbocycles. The third kappa shape index (κ3) is 3.95. The average molecular weight is 282 g/mol. The van der Waals surface area contributed by atoms with Gasteiger partial charge in [-0.3, -0.25) is 4.79 Å². The van der Waals surface area contributed by atoms with E-state index in [-0.39, 0.29) is 5.92 Å². The predicted molar refractivity (Wildman–Crippen MR) is 72.1 cm³/mol. The summed E-state index contributed by atoms with van der Waals surface area (Å²) in [5.41, 5.74) is 0.0818. The molecule has 0 bridgehead atoms. The third-order valence-corrected chi connectivity index (χ3v) is 3.65. The molecular formula is C16H17F3O. The lowest BCUT2D eigenvalue weighted by atomic mass is 9.85. The van der Waals surface area contributed by atoms with Crippen LogP contribution < -0.4 is 0 Å². The molecule has 1 nitrogen and oxygen atoms in total. The molecule has 1 unspecified atom stereocenters. The molecule has 108 valence electrons. The second-order valence-corrected chi connectivity index (χ2v) is 5.17. The number of hydrogen-bond donors (Lipinski definition) is 0. The number of allylic oxidation sites excluding steroid dienone is 1. The van der Waals surface area contributed by atoms with E-state index in [1.807, 2.05) is 6.08 Å². The molecule has 1 saturated carbocycles. The Bertz CT molecular complexity index is 485. The molecule has 0 aliphatic heterocycles. The van der Waals surface area contributed by atoms with Crippen molar-refractivity contribution in [3.63, 3.8) is 0 Å². The number of carbonyl (C=O) groups excluding carboxylic acids is 1. The molecule has 0 spiro atoms. The van der Waals surface area contributed by atoms with Crippen molar-refractivity contribution >= 4 is 11.9 Å². The first kappa shape index (κ1) is 14.8. The first-order chi connectivity index (χ1) is 9.47. The maximum atomic E-state index is 12.4. The van der Waals surface area contributed by atoms with Gasteiger partial charge in [0.1, 0.15) is 5.78 Å². The standard InChI is InChI=1S/C16H17F3O/c17-16(18,19)14-10-8-12(9-11-14)4-3-6-13-5-1-2-7-15(13)20/h3-4,8-11,13H,1-2,5-7H2/b4-3+. The fourth-order valence-electron chi connectivity index (χ4n) is 2.46. The number of hydrogen-bond acceptors (Lipinski definition) is 1. The van der Waals surface area contributed by atoms with E-state index in [1.54, 1.807) is 6.08 Å². The summed E-state index contributed by atoms with van der Waals surface area (Å²) >= 11 is 0. The molecule has 0 aromatic heterocycles. The van der Waals surface area contributed by atoms with E-state index in [4.69, 9.17) is 0 Å². The topological polar surface area (TPSA) is 17.1 Å². The first-order valence-corrected chi connectivity index (χ1v) is 6.83. The van der Waals surface area contributed by atoms with Crippen molar-refractivity contribution in [3.05, 3.63) is 41.5 Å². The highest BCUT2D eigenvalue weighted by atomic mass is 19.4. The molecule has 0 radical (unpaired) electrons. The van der Waals surface area contributed by atoms with Crippen LogP contribution in [0.4, 0.5) is 13.2 Å². The Kier molecular flexibility index (Phi) is 4.63. The third-order valence-electron chi connectivity index (χ3n) is 3.65. The largest absolute Gasteiger partial charge is 0.416 e. The minimum atomic E-state index is -4.29. The van der Waals surface area contributed by atoms with Gasteiger partial charge in [0.2, 0.25) is 0 Å². The summed E-state index contributed by atoms with van der Waals surface area (Å²) in [6, 6.07) is 5.04. The highest BCUT2D eigenvalue weighted by Crippen LogP contribution is 2.29. The Labute approximate surface area is 116 Å². The van der Waals surface area contributed by atoms with Gasteiger partial charge in [-0.1, -0.05) is 30.7 Å². The molecule has 1 atom stereocenters. The van der Waals surface area contributed by atoms with Crippen LogP contribution in [-0.4, -0.2) is 5.78 Å². The Morgan fingerprint density at radius 3 is 2.45 bits per heavy atom. The SMILES string of the molecule is O=C1CCCCC1C/C=C/c1ccc(C(F)(F)F)cc1. The van der Waals surface area contributed by atoms with Gasteiger partial charge in [0.15, 0.2) is 0 Å². The zero-order chi connectivity index (χ0) is 14.6.